The molecule has 11 heteroatoms. The molecular weight excluding hydrogens is 483 g/mol. The number of imide groups is 1. The van der Waals surface area contributed by atoms with Crippen LogP contribution in [0.15, 0.2) is 30.6 Å². The van der Waals surface area contributed by atoms with E-state index in [9.17, 15) is 14.0 Å². The molecule has 0 radical (unpaired) electrons. The molecule has 1 saturated heterocycles. The summed E-state index contributed by atoms with van der Waals surface area (Å²) in [6.07, 6.45) is 4.79. The second-order valence-corrected chi connectivity index (χ2v) is 9.16. The smallest absolute Gasteiger partial charge is 0.332 e. The first kappa shape index (κ1) is 23.9. The van der Waals surface area contributed by atoms with E-state index in [1.165, 1.54) is 49.3 Å². The van der Waals surface area contributed by atoms with Crippen molar-refractivity contribution < 1.29 is 23.5 Å². The van der Waals surface area contributed by atoms with Crippen LogP contribution in [0.1, 0.15) is 17.5 Å². The van der Waals surface area contributed by atoms with Crippen LogP contribution in [-0.2, 0) is 4.79 Å². The first-order valence-electron chi connectivity index (χ1n) is 10.2. The molecule has 0 spiro atoms. The van der Waals surface area contributed by atoms with Crippen molar-refractivity contribution in [2.75, 3.05) is 25.7 Å². The zero-order valence-electron chi connectivity index (χ0n) is 18.5. The highest BCUT2D eigenvalue weighted by Crippen LogP contribution is 2.48. The fraction of sp³-hybridized carbons (Fsp3) is 0.304. The SMILES string of the molecule is COc1cc(C2=CC3C(S2)C(=O)N(c2cncc(OC)c2C)C(=O)N3CCC#N)c(Cl)cc1F. The minimum Gasteiger partial charge on any atom is -0.495 e. The van der Waals surface area contributed by atoms with Gasteiger partial charge in [0.1, 0.15) is 11.0 Å². The summed E-state index contributed by atoms with van der Waals surface area (Å²) in [5.41, 5.74) is 1.39. The minimum atomic E-state index is -0.691. The quantitative estimate of drug-likeness (QED) is 0.577. The summed E-state index contributed by atoms with van der Waals surface area (Å²) in [6, 6.07) is 3.51. The Balaban J connectivity index is 1.77. The average Bonchev–Trinajstić information content (AvgIpc) is 3.25. The number of ether oxygens (including phenoxy) is 2. The van der Waals surface area contributed by atoms with Gasteiger partial charge in [-0.1, -0.05) is 11.6 Å². The first-order chi connectivity index (χ1) is 16.3. The van der Waals surface area contributed by atoms with Crippen molar-refractivity contribution in [2.45, 2.75) is 24.6 Å². The number of hydrogen-bond acceptors (Lipinski definition) is 7. The normalized spacial score (nSPS) is 19.6. The maximum atomic E-state index is 14.1. The maximum Gasteiger partial charge on any atom is 0.332 e. The Kier molecular flexibility index (Phi) is 6.68. The number of aromatic nitrogens is 1. The molecular formula is C23H20ClFN4O4S. The number of nitrogens with zero attached hydrogens (tertiary/aromatic N) is 4. The molecule has 0 aliphatic carbocycles. The van der Waals surface area contributed by atoms with Gasteiger partial charge in [0, 0.05) is 22.6 Å². The number of anilines is 1. The van der Waals surface area contributed by atoms with E-state index in [4.69, 9.17) is 26.3 Å². The Morgan fingerprint density at radius 1 is 1.24 bits per heavy atom. The highest BCUT2D eigenvalue weighted by Gasteiger charge is 2.50. The monoisotopic (exact) mass is 502 g/mol. The number of methoxy groups -OCH3 is 2. The van der Waals surface area contributed by atoms with Crippen molar-refractivity contribution in [1.82, 2.24) is 9.88 Å². The molecule has 2 aliphatic heterocycles. The van der Waals surface area contributed by atoms with Crippen molar-refractivity contribution in [3.05, 3.63) is 52.6 Å². The number of halogens is 2. The van der Waals surface area contributed by atoms with Gasteiger partial charge >= 0.3 is 6.03 Å². The number of rotatable bonds is 6. The van der Waals surface area contributed by atoms with Crippen LogP contribution in [-0.4, -0.2) is 53.9 Å². The molecule has 1 aromatic carbocycles. The van der Waals surface area contributed by atoms with Gasteiger partial charge in [-0.05, 0) is 25.1 Å². The second kappa shape index (κ2) is 9.52. The predicted octanol–water partition coefficient (Wildman–Crippen LogP) is 4.41. The molecule has 0 bridgehead atoms. The van der Waals surface area contributed by atoms with Crippen LogP contribution in [0.25, 0.3) is 4.91 Å². The fourth-order valence-electron chi connectivity index (χ4n) is 4.01. The number of benzene rings is 1. The molecule has 1 fully saturated rings. The highest BCUT2D eigenvalue weighted by molar-refractivity contribution is 8.09. The number of hydrogen-bond donors (Lipinski definition) is 0. The fourth-order valence-corrected chi connectivity index (χ4v) is 5.67. The molecule has 176 valence electrons. The van der Waals surface area contributed by atoms with E-state index in [0.717, 1.165) is 11.0 Å². The molecule has 2 aliphatic rings. The largest absolute Gasteiger partial charge is 0.495 e. The molecule has 4 rings (SSSR count). The number of pyridine rings is 1. The summed E-state index contributed by atoms with van der Waals surface area (Å²) in [7, 11) is 2.83. The van der Waals surface area contributed by atoms with Crippen molar-refractivity contribution in [3.63, 3.8) is 0 Å². The van der Waals surface area contributed by atoms with Gasteiger partial charge in [0.25, 0.3) is 5.91 Å². The highest BCUT2D eigenvalue weighted by atomic mass is 35.5. The van der Waals surface area contributed by atoms with E-state index < -0.39 is 29.0 Å². The molecule has 34 heavy (non-hydrogen) atoms. The van der Waals surface area contributed by atoms with E-state index in [-0.39, 0.29) is 23.7 Å². The number of carbonyl (C=O) groups is 2. The molecule has 2 aromatic rings. The lowest BCUT2D eigenvalue weighted by Crippen LogP contribution is -2.62. The van der Waals surface area contributed by atoms with Crippen LogP contribution in [0.3, 0.4) is 0 Å². The number of nitriles is 1. The third-order valence-electron chi connectivity index (χ3n) is 5.72. The van der Waals surface area contributed by atoms with Crippen molar-refractivity contribution in [1.29, 1.82) is 5.26 Å². The molecule has 0 N–H and O–H groups in total. The second-order valence-electron chi connectivity index (χ2n) is 7.57. The van der Waals surface area contributed by atoms with Crippen LogP contribution in [0.5, 0.6) is 11.5 Å². The molecule has 1 aromatic heterocycles. The number of carbonyl (C=O) groups excluding carboxylic acids is 2. The summed E-state index contributed by atoms with van der Waals surface area (Å²) in [5, 5.41) is 8.60. The number of amides is 3. The van der Waals surface area contributed by atoms with Crippen LogP contribution in [0, 0.1) is 24.1 Å². The van der Waals surface area contributed by atoms with Gasteiger partial charge in [-0.15, -0.1) is 11.8 Å². The lowest BCUT2D eigenvalue weighted by atomic mass is 10.0. The molecule has 3 heterocycles. The minimum absolute atomic E-state index is 0.0132. The van der Waals surface area contributed by atoms with Gasteiger partial charge in [0.2, 0.25) is 0 Å². The van der Waals surface area contributed by atoms with E-state index >= 15 is 0 Å². The molecule has 0 saturated carbocycles. The van der Waals surface area contributed by atoms with E-state index in [0.29, 0.717) is 27.5 Å². The summed E-state index contributed by atoms with van der Waals surface area (Å²) in [6.45, 7) is 1.86. The Labute approximate surface area is 204 Å². The topological polar surface area (TPSA) is 95.8 Å². The van der Waals surface area contributed by atoms with Gasteiger partial charge in [0.15, 0.2) is 11.6 Å². The van der Waals surface area contributed by atoms with Crippen molar-refractivity contribution >= 4 is 45.9 Å². The third-order valence-corrected chi connectivity index (χ3v) is 7.38. The van der Waals surface area contributed by atoms with Crippen molar-refractivity contribution in [3.8, 4) is 17.6 Å². The van der Waals surface area contributed by atoms with Crippen LogP contribution in [0.2, 0.25) is 5.02 Å². The van der Waals surface area contributed by atoms with Gasteiger partial charge in [-0.25, -0.2) is 14.1 Å². The van der Waals surface area contributed by atoms with Gasteiger partial charge in [-0.3, -0.25) is 9.78 Å². The van der Waals surface area contributed by atoms with Gasteiger partial charge in [-0.2, -0.15) is 5.26 Å². The lowest BCUT2D eigenvalue weighted by molar-refractivity contribution is -0.119. The lowest BCUT2D eigenvalue weighted by Gasteiger charge is -2.41. The number of thioether (sulfide) groups is 1. The summed E-state index contributed by atoms with van der Waals surface area (Å²) in [4.78, 5) is 34.4. The first-order valence-corrected chi connectivity index (χ1v) is 11.5. The van der Waals surface area contributed by atoms with E-state index in [1.807, 2.05) is 6.07 Å². The van der Waals surface area contributed by atoms with Crippen LogP contribution >= 0.6 is 23.4 Å². The van der Waals surface area contributed by atoms with Crippen molar-refractivity contribution in [2.24, 2.45) is 0 Å². The van der Waals surface area contributed by atoms with Crippen LogP contribution < -0.4 is 14.4 Å². The van der Waals surface area contributed by atoms with Gasteiger partial charge in [0.05, 0.1) is 55.9 Å². The summed E-state index contributed by atoms with van der Waals surface area (Å²) in [5.74, 6) is -0.583. The maximum absolute atomic E-state index is 14.1. The van der Waals surface area contributed by atoms with E-state index in [2.05, 4.69) is 4.98 Å². The zero-order valence-corrected chi connectivity index (χ0v) is 20.1. The Hall–Kier alpha value is -3.29. The molecule has 2 unspecified atom stereocenters. The zero-order chi connectivity index (χ0) is 24.6. The van der Waals surface area contributed by atoms with Gasteiger partial charge < -0.3 is 14.4 Å². The Morgan fingerprint density at radius 2 is 1.97 bits per heavy atom. The number of urea groups is 1. The third kappa shape index (κ3) is 3.95. The molecule has 8 nitrogen and oxygen atoms in total. The number of fused-ring (bicyclic) bond motifs is 1. The summed E-state index contributed by atoms with van der Waals surface area (Å²) >= 11 is 7.54. The molecule has 2 atom stereocenters. The average molecular weight is 503 g/mol. The van der Waals surface area contributed by atoms with Crippen LogP contribution in [0.4, 0.5) is 14.9 Å². The predicted molar refractivity (Wildman–Crippen MR) is 126 cm³/mol. The summed E-state index contributed by atoms with van der Waals surface area (Å²) < 4.78 is 24.5. The molecule has 3 amide bonds. The Bertz CT molecular complexity index is 1250. The van der Waals surface area contributed by atoms with E-state index in [1.54, 1.807) is 13.0 Å². The standard InChI is InChI=1S/C23H20ClFN4O4S/c1-12-17(10-27-11-19(12)33-3)29-22(30)21-16(28(23(29)31)6-4-5-26)9-20(34-21)13-7-18(32-2)15(25)8-14(13)24/h7-11,16,21H,4,6H2,1-3H3. The Morgan fingerprint density at radius 3 is 2.65 bits per heavy atom.